The van der Waals surface area contributed by atoms with Crippen molar-refractivity contribution in [2.24, 2.45) is 5.73 Å². The summed E-state index contributed by atoms with van der Waals surface area (Å²) < 4.78 is 0. The maximum Gasteiger partial charge on any atom is 0.320 e. The van der Waals surface area contributed by atoms with Crippen LogP contribution in [-0.4, -0.2) is 71.4 Å². The molecule has 0 radical (unpaired) electrons. The van der Waals surface area contributed by atoms with Gasteiger partial charge in [0.05, 0.1) is 5.54 Å². The third kappa shape index (κ3) is 5.02. The van der Waals surface area contributed by atoms with Crippen LogP contribution >= 0.6 is 12.4 Å². The average Bonchev–Trinajstić information content (AvgIpc) is 2.47. The Balaban J connectivity index is 0.00000441. The van der Waals surface area contributed by atoms with Gasteiger partial charge in [0, 0.05) is 39.3 Å². The first-order valence-electron chi connectivity index (χ1n) is 7.99. The van der Waals surface area contributed by atoms with Crippen LogP contribution in [0.4, 0.5) is 4.79 Å². The van der Waals surface area contributed by atoms with E-state index < -0.39 is 5.54 Å². The number of hydrogen-bond donors (Lipinski definition) is 1. The highest BCUT2D eigenvalue weighted by Crippen LogP contribution is 2.15. The van der Waals surface area contributed by atoms with E-state index in [4.69, 9.17) is 5.73 Å². The van der Waals surface area contributed by atoms with Crippen molar-refractivity contribution in [1.82, 2.24) is 14.7 Å². The van der Waals surface area contributed by atoms with Gasteiger partial charge in [-0.25, -0.2) is 4.79 Å². The molecule has 1 heterocycles. The minimum absolute atomic E-state index is 0. The van der Waals surface area contributed by atoms with Crippen LogP contribution in [-0.2, 0) is 4.79 Å². The minimum atomic E-state index is -0.792. The number of nitrogens with two attached hydrogens (primary N) is 1. The lowest BCUT2D eigenvalue weighted by atomic mass is 9.95. The molecule has 1 aliphatic heterocycles. The van der Waals surface area contributed by atoms with Crippen molar-refractivity contribution in [3.63, 3.8) is 0 Å². The molecule has 0 saturated carbocycles. The number of piperazine rings is 1. The van der Waals surface area contributed by atoms with Crippen LogP contribution in [0.25, 0.3) is 0 Å². The molecule has 7 heteroatoms. The lowest BCUT2D eigenvalue weighted by molar-refractivity contribution is -0.138. The summed E-state index contributed by atoms with van der Waals surface area (Å²) in [7, 11) is 0. The van der Waals surface area contributed by atoms with E-state index in [1.165, 1.54) is 0 Å². The highest BCUT2D eigenvalue weighted by atomic mass is 35.5. The molecule has 0 spiro atoms. The number of hydrogen-bond acceptors (Lipinski definition) is 3. The van der Waals surface area contributed by atoms with Crippen LogP contribution in [0.2, 0.25) is 0 Å². The van der Waals surface area contributed by atoms with E-state index in [1.807, 2.05) is 30.6 Å². The van der Waals surface area contributed by atoms with Crippen molar-refractivity contribution in [1.29, 1.82) is 0 Å². The lowest BCUT2D eigenvalue weighted by Crippen LogP contribution is -2.59. The molecule has 22 heavy (non-hydrogen) atoms. The number of nitrogens with zero attached hydrogens (tertiary/aromatic N) is 3. The van der Waals surface area contributed by atoms with Gasteiger partial charge in [-0.05, 0) is 27.2 Å². The topological polar surface area (TPSA) is 69.9 Å². The Bertz CT molecular complexity index is 365. The van der Waals surface area contributed by atoms with E-state index in [2.05, 4.69) is 0 Å². The number of amides is 3. The van der Waals surface area contributed by atoms with Crippen molar-refractivity contribution >= 4 is 24.3 Å². The second-order valence-electron chi connectivity index (χ2n) is 5.90. The Labute approximate surface area is 140 Å². The molecular weight excluding hydrogens is 304 g/mol. The third-order valence-corrected chi connectivity index (χ3v) is 4.13. The maximum absolute atomic E-state index is 12.4. The average molecular weight is 335 g/mol. The number of carbonyl (C=O) groups is 2. The number of urea groups is 1. The first-order valence-corrected chi connectivity index (χ1v) is 7.99. The Morgan fingerprint density at radius 2 is 1.50 bits per heavy atom. The molecule has 0 bridgehead atoms. The number of halogens is 1. The summed E-state index contributed by atoms with van der Waals surface area (Å²) in [6.07, 6.45) is 1.57. The van der Waals surface area contributed by atoms with E-state index in [0.29, 0.717) is 45.7 Å². The monoisotopic (exact) mass is 334 g/mol. The Kier molecular flexibility index (Phi) is 8.78. The normalized spacial score (nSPS) is 17.5. The molecule has 0 aliphatic carbocycles. The molecule has 0 aromatic carbocycles. The zero-order chi connectivity index (χ0) is 16.0. The van der Waals surface area contributed by atoms with Crippen LogP contribution in [0.1, 0.15) is 40.5 Å². The highest BCUT2D eigenvalue weighted by molar-refractivity contribution is 5.86. The van der Waals surface area contributed by atoms with Gasteiger partial charge in [-0.3, -0.25) is 4.79 Å². The maximum atomic E-state index is 12.4. The molecule has 3 amide bonds. The van der Waals surface area contributed by atoms with Crippen LogP contribution in [0.5, 0.6) is 0 Å². The van der Waals surface area contributed by atoms with E-state index in [0.717, 1.165) is 6.42 Å². The summed E-state index contributed by atoms with van der Waals surface area (Å²) in [5.74, 6) is -0.000659. The highest BCUT2D eigenvalue weighted by Gasteiger charge is 2.34. The molecule has 130 valence electrons. The van der Waals surface area contributed by atoms with Gasteiger partial charge in [0.15, 0.2) is 0 Å². The molecule has 1 unspecified atom stereocenters. The smallest absolute Gasteiger partial charge is 0.320 e. The minimum Gasteiger partial charge on any atom is -0.338 e. The van der Waals surface area contributed by atoms with Crippen LogP contribution in [0.3, 0.4) is 0 Å². The van der Waals surface area contributed by atoms with Crippen LogP contribution < -0.4 is 5.73 Å². The molecule has 1 atom stereocenters. The van der Waals surface area contributed by atoms with Gasteiger partial charge in [-0.1, -0.05) is 13.3 Å². The fraction of sp³-hybridized carbons (Fsp3) is 0.867. The number of rotatable bonds is 5. The number of carbonyl (C=O) groups excluding carboxylic acids is 2. The van der Waals surface area contributed by atoms with Crippen molar-refractivity contribution in [2.75, 3.05) is 39.3 Å². The molecule has 1 saturated heterocycles. The molecule has 6 nitrogen and oxygen atoms in total. The molecule has 1 rings (SSSR count). The van der Waals surface area contributed by atoms with Crippen molar-refractivity contribution in [2.45, 2.75) is 46.1 Å². The lowest BCUT2D eigenvalue weighted by Gasteiger charge is -2.39. The summed E-state index contributed by atoms with van der Waals surface area (Å²) in [5, 5.41) is 0. The first kappa shape index (κ1) is 21.0. The van der Waals surface area contributed by atoms with Gasteiger partial charge in [0.2, 0.25) is 5.91 Å². The zero-order valence-corrected chi connectivity index (χ0v) is 15.1. The molecule has 2 N–H and O–H groups in total. The molecule has 0 aromatic heterocycles. The second-order valence-corrected chi connectivity index (χ2v) is 5.90. The first-order chi connectivity index (χ1) is 9.87. The van der Waals surface area contributed by atoms with E-state index >= 15 is 0 Å². The van der Waals surface area contributed by atoms with Gasteiger partial charge in [-0.15, -0.1) is 12.4 Å². The zero-order valence-electron chi connectivity index (χ0n) is 14.3. The standard InChI is InChI=1S/C15H30N4O2.ClH/c1-5-8-15(4,16)13(20)18-9-11-19(12-10-18)14(21)17(6-2)7-3;/h5-12,16H2,1-4H3;1H. The van der Waals surface area contributed by atoms with E-state index in [-0.39, 0.29) is 24.3 Å². The summed E-state index contributed by atoms with van der Waals surface area (Å²) in [6.45, 7) is 11.5. The third-order valence-electron chi connectivity index (χ3n) is 4.13. The SMILES string of the molecule is CCCC(C)(N)C(=O)N1CCN(C(=O)N(CC)CC)CC1.Cl. The molecular formula is C15H31ClN4O2. The van der Waals surface area contributed by atoms with E-state index in [1.54, 1.807) is 11.8 Å². The van der Waals surface area contributed by atoms with Crippen LogP contribution in [0.15, 0.2) is 0 Å². The van der Waals surface area contributed by atoms with E-state index in [9.17, 15) is 9.59 Å². The quantitative estimate of drug-likeness (QED) is 0.829. The fourth-order valence-electron chi connectivity index (χ4n) is 2.78. The molecule has 0 aromatic rings. The van der Waals surface area contributed by atoms with Crippen LogP contribution in [0, 0.1) is 0 Å². The van der Waals surface area contributed by atoms with Crippen molar-refractivity contribution < 1.29 is 9.59 Å². The molecule has 1 fully saturated rings. The summed E-state index contributed by atoms with van der Waals surface area (Å²) in [6, 6.07) is 0.0659. The summed E-state index contributed by atoms with van der Waals surface area (Å²) >= 11 is 0. The molecule has 1 aliphatic rings. The fourth-order valence-corrected chi connectivity index (χ4v) is 2.78. The summed E-state index contributed by atoms with van der Waals surface area (Å²) in [5.41, 5.74) is 5.32. The Morgan fingerprint density at radius 3 is 1.91 bits per heavy atom. The largest absolute Gasteiger partial charge is 0.338 e. The predicted octanol–water partition coefficient (Wildman–Crippen LogP) is 1.53. The van der Waals surface area contributed by atoms with Crippen molar-refractivity contribution in [3.8, 4) is 0 Å². The summed E-state index contributed by atoms with van der Waals surface area (Å²) in [4.78, 5) is 30.1. The van der Waals surface area contributed by atoms with Gasteiger partial charge < -0.3 is 20.4 Å². The Hall–Kier alpha value is -1.01. The van der Waals surface area contributed by atoms with Gasteiger partial charge in [0.25, 0.3) is 0 Å². The van der Waals surface area contributed by atoms with Gasteiger partial charge in [-0.2, -0.15) is 0 Å². The van der Waals surface area contributed by atoms with Gasteiger partial charge >= 0.3 is 6.03 Å². The Morgan fingerprint density at radius 1 is 1.05 bits per heavy atom. The predicted molar refractivity (Wildman–Crippen MR) is 91.2 cm³/mol. The second kappa shape index (κ2) is 9.20. The van der Waals surface area contributed by atoms with Gasteiger partial charge in [0.1, 0.15) is 0 Å². The van der Waals surface area contributed by atoms with Crippen molar-refractivity contribution in [3.05, 3.63) is 0 Å².